The Kier molecular flexibility index (Phi) is 6.60. The van der Waals surface area contributed by atoms with Crippen LogP contribution in [-0.2, 0) is 11.2 Å². The Morgan fingerprint density at radius 3 is 2.52 bits per heavy atom. The zero-order valence-electron chi connectivity index (χ0n) is 19.3. The van der Waals surface area contributed by atoms with E-state index in [1.807, 2.05) is 55.1 Å². The van der Waals surface area contributed by atoms with E-state index in [9.17, 15) is 9.90 Å². The minimum Gasteiger partial charge on any atom is -0.497 e. The Labute approximate surface area is 193 Å². The molecule has 0 radical (unpaired) electrons. The minimum absolute atomic E-state index is 0.112. The highest BCUT2D eigenvalue weighted by Gasteiger charge is 2.39. The molecule has 0 unspecified atom stereocenters. The molecule has 1 saturated heterocycles. The molecule has 3 aromatic rings. The van der Waals surface area contributed by atoms with Crippen molar-refractivity contribution < 1.29 is 14.6 Å². The number of rotatable bonds is 8. The van der Waals surface area contributed by atoms with E-state index in [0.717, 1.165) is 22.7 Å². The molecule has 4 rings (SSSR count). The first-order valence-corrected chi connectivity index (χ1v) is 11.1. The lowest BCUT2D eigenvalue weighted by Crippen LogP contribution is -2.50. The Morgan fingerprint density at radius 2 is 1.88 bits per heavy atom. The number of Topliss-reactive ketones (excluding diaryl/α,β-unsaturated/α-hetero) is 1. The molecule has 0 spiro atoms. The smallest absolute Gasteiger partial charge is 0.227 e. The second-order valence-corrected chi connectivity index (χ2v) is 8.55. The first-order valence-electron chi connectivity index (χ1n) is 11.1. The van der Waals surface area contributed by atoms with Gasteiger partial charge in [-0.25, -0.2) is 4.98 Å². The van der Waals surface area contributed by atoms with Crippen molar-refractivity contribution in [3.05, 3.63) is 53.3 Å². The van der Waals surface area contributed by atoms with Gasteiger partial charge in [-0.05, 0) is 38.0 Å². The molecule has 1 aliphatic heterocycles. The number of anilines is 3. The number of H-pyrrole nitrogens is 1. The molecule has 9 nitrogen and oxygen atoms in total. The summed E-state index contributed by atoms with van der Waals surface area (Å²) in [5, 5.41) is 21.3. The second-order valence-electron chi connectivity index (χ2n) is 8.55. The van der Waals surface area contributed by atoms with Gasteiger partial charge in [0.25, 0.3) is 0 Å². The van der Waals surface area contributed by atoms with E-state index in [-0.39, 0.29) is 5.78 Å². The van der Waals surface area contributed by atoms with E-state index >= 15 is 0 Å². The quantitative estimate of drug-likeness (QED) is 0.479. The van der Waals surface area contributed by atoms with Crippen molar-refractivity contribution in [3.8, 4) is 5.75 Å². The van der Waals surface area contributed by atoms with Crippen LogP contribution in [0.4, 0.5) is 17.6 Å². The molecule has 0 bridgehead atoms. The highest BCUT2D eigenvalue weighted by atomic mass is 16.5. The first-order chi connectivity index (χ1) is 15.8. The zero-order valence-corrected chi connectivity index (χ0v) is 19.3. The number of carbonyl (C=O) groups excluding carboxylic acids is 1. The number of aryl methyl sites for hydroxylation is 3. The van der Waals surface area contributed by atoms with Gasteiger partial charge in [0.15, 0.2) is 11.6 Å². The largest absolute Gasteiger partial charge is 0.497 e. The number of ether oxygens (including phenoxy) is 1. The van der Waals surface area contributed by atoms with E-state index in [0.29, 0.717) is 56.4 Å². The Hall–Kier alpha value is -3.46. The topological polar surface area (TPSA) is 116 Å². The summed E-state index contributed by atoms with van der Waals surface area (Å²) in [7, 11) is 1.62. The number of nitrogens with zero attached hydrogens (tertiary/aromatic N) is 4. The average molecular weight is 451 g/mol. The number of piperidine rings is 1. The van der Waals surface area contributed by atoms with Gasteiger partial charge >= 0.3 is 0 Å². The molecule has 3 heterocycles. The van der Waals surface area contributed by atoms with Crippen molar-refractivity contribution in [1.29, 1.82) is 0 Å². The van der Waals surface area contributed by atoms with Crippen LogP contribution in [-0.4, -0.2) is 56.9 Å². The van der Waals surface area contributed by atoms with Crippen LogP contribution in [0, 0.1) is 13.8 Å². The molecule has 0 aliphatic carbocycles. The molecule has 0 saturated carbocycles. The molecule has 2 aromatic heterocycles. The van der Waals surface area contributed by atoms with Gasteiger partial charge < -0.3 is 20.1 Å². The standard InChI is InChI=1S/C24H30N6O3/c1-16-14-21(26-22-15-17(2)28-29-22)27-23(25-16)30-12-10-24(32,11-13-30)20(31)9-6-18-4-7-19(33-3)8-5-18/h4-5,7-8,14-15,32H,6,9-13H2,1-3H3,(H2,25,26,27,28,29). The predicted molar refractivity (Wildman–Crippen MR) is 126 cm³/mol. The van der Waals surface area contributed by atoms with Crippen molar-refractivity contribution in [2.45, 2.75) is 45.1 Å². The molecule has 33 heavy (non-hydrogen) atoms. The summed E-state index contributed by atoms with van der Waals surface area (Å²) in [5.41, 5.74) is 1.52. The average Bonchev–Trinajstić information content (AvgIpc) is 3.22. The lowest BCUT2D eigenvalue weighted by molar-refractivity contribution is -0.139. The van der Waals surface area contributed by atoms with E-state index in [2.05, 4.69) is 25.5 Å². The number of aromatic amines is 1. The van der Waals surface area contributed by atoms with Gasteiger partial charge in [0.2, 0.25) is 5.95 Å². The van der Waals surface area contributed by atoms with E-state index in [1.54, 1.807) is 7.11 Å². The van der Waals surface area contributed by atoms with Crippen molar-refractivity contribution >= 4 is 23.4 Å². The summed E-state index contributed by atoms with van der Waals surface area (Å²) in [5.74, 6) is 2.59. The van der Waals surface area contributed by atoms with Crippen LogP contribution < -0.4 is 15.0 Å². The number of methoxy groups -OCH3 is 1. The fourth-order valence-electron chi connectivity index (χ4n) is 4.01. The van der Waals surface area contributed by atoms with Crippen LogP contribution in [0.5, 0.6) is 5.75 Å². The molecule has 1 aliphatic rings. The number of ketones is 1. The first kappa shape index (κ1) is 22.7. The zero-order chi connectivity index (χ0) is 23.4. The number of nitrogens with one attached hydrogen (secondary N) is 2. The summed E-state index contributed by atoms with van der Waals surface area (Å²) in [6, 6.07) is 11.4. The fourth-order valence-corrected chi connectivity index (χ4v) is 4.01. The molecular weight excluding hydrogens is 420 g/mol. The van der Waals surface area contributed by atoms with E-state index < -0.39 is 5.60 Å². The Morgan fingerprint density at radius 1 is 1.15 bits per heavy atom. The van der Waals surface area contributed by atoms with Crippen LogP contribution in [0.2, 0.25) is 0 Å². The molecule has 0 amide bonds. The van der Waals surface area contributed by atoms with Crippen molar-refractivity contribution in [2.75, 3.05) is 30.4 Å². The second kappa shape index (κ2) is 9.58. The highest BCUT2D eigenvalue weighted by molar-refractivity contribution is 5.87. The number of hydrogen-bond acceptors (Lipinski definition) is 8. The molecule has 174 valence electrons. The van der Waals surface area contributed by atoms with Gasteiger partial charge in [-0.2, -0.15) is 10.1 Å². The molecule has 0 atom stereocenters. The van der Waals surface area contributed by atoms with Crippen LogP contribution in [0.15, 0.2) is 36.4 Å². The number of aromatic nitrogens is 4. The fraction of sp³-hybridized carbons (Fsp3) is 0.417. The lowest BCUT2D eigenvalue weighted by atomic mass is 9.85. The predicted octanol–water partition coefficient (Wildman–Crippen LogP) is 3.10. The summed E-state index contributed by atoms with van der Waals surface area (Å²) in [4.78, 5) is 24.0. The lowest BCUT2D eigenvalue weighted by Gasteiger charge is -2.37. The molecule has 9 heteroatoms. The van der Waals surface area contributed by atoms with Gasteiger partial charge in [0.05, 0.1) is 7.11 Å². The summed E-state index contributed by atoms with van der Waals surface area (Å²) >= 11 is 0. The highest BCUT2D eigenvalue weighted by Crippen LogP contribution is 2.28. The third-order valence-corrected chi connectivity index (χ3v) is 6.00. The maximum atomic E-state index is 12.8. The normalized spacial score (nSPS) is 15.3. The minimum atomic E-state index is -1.31. The van der Waals surface area contributed by atoms with Crippen LogP contribution in [0.1, 0.15) is 36.2 Å². The van der Waals surface area contributed by atoms with Crippen molar-refractivity contribution in [2.24, 2.45) is 0 Å². The third kappa shape index (κ3) is 5.48. The van der Waals surface area contributed by atoms with Gasteiger partial charge in [-0.1, -0.05) is 12.1 Å². The van der Waals surface area contributed by atoms with Crippen molar-refractivity contribution in [1.82, 2.24) is 20.2 Å². The molecule has 1 aromatic carbocycles. The molecule has 1 fully saturated rings. The van der Waals surface area contributed by atoms with Crippen LogP contribution in [0.3, 0.4) is 0 Å². The molecule has 3 N–H and O–H groups in total. The van der Waals surface area contributed by atoms with Crippen LogP contribution >= 0.6 is 0 Å². The maximum Gasteiger partial charge on any atom is 0.227 e. The SMILES string of the molecule is COc1ccc(CCC(=O)C2(O)CCN(c3nc(C)cc(Nc4cc(C)[nH]n4)n3)CC2)cc1. The number of carbonyl (C=O) groups is 1. The number of hydrogen-bond donors (Lipinski definition) is 3. The van der Waals surface area contributed by atoms with E-state index in [4.69, 9.17) is 4.74 Å². The van der Waals surface area contributed by atoms with E-state index in [1.165, 1.54) is 0 Å². The monoisotopic (exact) mass is 450 g/mol. The van der Waals surface area contributed by atoms with Gasteiger partial charge in [-0.15, -0.1) is 0 Å². The van der Waals surface area contributed by atoms with Gasteiger partial charge in [0.1, 0.15) is 17.2 Å². The van der Waals surface area contributed by atoms with Gasteiger partial charge in [-0.3, -0.25) is 9.89 Å². The summed E-state index contributed by atoms with van der Waals surface area (Å²) in [6.07, 6.45) is 1.61. The van der Waals surface area contributed by atoms with Crippen LogP contribution in [0.25, 0.3) is 0 Å². The van der Waals surface area contributed by atoms with Gasteiger partial charge in [0, 0.05) is 55.9 Å². The summed E-state index contributed by atoms with van der Waals surface area (Å²) in [6.45, 7) is 4.86. The van der Waals surface area contributed by atoms with Crippen molar-refractivity contribution in [3.63, 3.8) is 0 Å². The third-order valence-electron chi connectivity index (χ3n) is 6.00. The maximum absolute atomic E-state index is 12.8. The summed E-state index contributed by atoms with van der Waals surface area (Å²) < 4.78 is 5.17. The number of aliphatic hydroxyl groups is 1. The molecular formula is C24H30N6O3. The number of benzene rings is 1. The Balaban J connectivity index is 1.35. The Bertz CT molecular complexity index is 1100.